The smallest absolute Gasteiger partial charge is 0.264 e. The normalized spacial score (nSPS) is 21.3. The van der Waals surface area contributed by atoms with Gasteiger partial charge in [0.05, 0.1) is 18.1 Å². The van der Waals surface area contributed by atoms with Gasteiger partial charge in [0, 0.05) is 25.2 Å². The number of piperidine rings is 1. The molecule has 7 nitrogen and oxygen atoms in total. The predicted molar refractivity (Wildman–Crippen MR) is 119 cm³/mol. The van der Waals surface area contributed by atoms with Crippen LogP contribution < -0.4 is 9.64 Å². The highest BCUT2D eigenvalue weighted by molar-refractivity contribution is 7.91. The standard InChI is InChI=1S/C23H29FN2O5S/c1-17(30-21-8-4-3-7-20(21)24)23(27)26(18-11-14-32(28,29)16-18)15-19-9-10-22(31-19)25-12-5-2-6-13-25/h3-4,7-10,17-18H,2,5-6,11-16H2,1H3. The van der Waals surface area contributed by atoms with Gasteiger partial charge in [-0.25, -0.2) is 12.8 Å². The van der Waals surface area contributed by atoms with Crippen molar-refractivity contribution in [2.45, 2.75) is 51.3 Å². The Kier molecular flexibility index (Phi) is 6.74. The van der Waals surface area contributed by atoms with Crippen LogP contribution in [0, 0.1) is 5.82 Å². The van der Waals surface area contributed by atoms with E-state index in [1.54, 1.807) is 19.1 Å². The fourth-order valence-corrected chi connectivity index (χ4v) is 6.06. The molecule has 0 saturated carbocycles. The van der Waals surface area contributed by atoms with Crippen LogP contribution in [0.1, 0.15) is 38.4 Å². The van der Waals surface area contributed by atoms with E-state index in [2.05, 4.69) is 4.90 Å². The second kappa shape index (κ2) is 9.52. The summed E-state index contributed by atoms with van der Waals surface area (Å²) in [6, 6.07) is 9.15. The minimum Gasteiger partial charge on any atom is -0.478 e. The number of rotatable bonds is 7. The van der Waals surface area contributed by atoms with Gasteiger partial charge in [-0.1, -0.05) is 12.1 Å². The average molecular weight is 465 g/mol. The van der Waals surface area contributed by atoms with Crippen LogP contribution in [-0.4, -0.2) is 56.0 Å². The fourth-order valence-electron chi connectivity index (χ4n) is 4.33. The molecule has 3 heterocycles. The molecule has 4 rings (SSSR count). The summed E-state index contributed by atoms with van der Waals surface area (Å²) < 4.78 is 49.8. The van der Waals surface area contributed by atoms with Gasteiger partial charge < -0.3 is 19.0 Å². The molecule has 1 aromatic carbocycles. The summed E-state index contributed by atoms with van der Waals surface area (Å²) in [7, 11) is -3.20. The van der Waals surface area contributed by atoms with Crippen LogP contribution in [0.5, 0.6) is 5.75 Å². The highest BCUT2D eigenvalue weighted by Gasteiger charge is 2.37. The first kappa shape index (κ1) is 22.6. The number of ether oxygens (including phenoxy) is 1. The molecule has 9 heteroatoms. The summed E-state index contributed by atoms with van der Waals surface area (Å²) in [6.45, 7) is 3.55. The number of amides is 1. The number of carbonyl (C=O) groups is 1. The molecular weight excluding hydrogens is 435 g/mol. The Balaban J connectivity index is 1.51. The lowest BCUT2D eigenvalue weighted by Gasteiger charge is -2.30. The van der Waals surface area contributed by atoms with Gasteiger partial charge >= 0.3 is 0 Å². The molecule has 0 spiro atoms. The van der Waals surface area contributed by atoms with E-state index in [9.17, 15) is 17.6 Å². The van der Waals surface area contributed by atoms with Crippen molar-refractivity contribution in [3.8, 4) is 5.75 Å². The Morgan fingerprint density at radius 1 is 1.22 bits per heavy atom. The van der Waals surface area contributed by atoms with Gasteiger partial charge in [-0.15, -0.1) is 0 Å². The highest BCUT2D eigenvalue weighted by atomic mass is 32.2. The number of sulfone groups is 1. The van der Waals surface area contributed by atoms with Crippen LogP contribution in [0.2, 0.25) is 0 Å². The largest absolute Gasteiger partial charge is 0.478 e. The number of halogens is 1. The number of para-hydroxylation sites is 1. The fraction of sp³-hybridized carbons (Fsp3) is 0.522. The molecule has 0 bridgehead atoms. The molecule has 174 valence electrons. The summed E-state index contributed by atoms with van der Waals surface area (Å²) in [4.78, 5) is 17.0. The van der Waals surface area contributed by atoms with Crippen molar-refractivity contribution in [3.63, 3.8) is 0 Å². The summed E-state index contributed by atoms with van der Waals surface area (Å²) in [5.41, 5.74) is 0. The maximum absolute atomic E-state index is 14.0. The van der Waals surface area contributed by atoms with E-state index in [-0.39, 0.29) is 23.8 Å². The van der Waals surface area contributed by atoms with Gasteiger partial charge in [0.15, 0.2) is 33.4 Å². The molecule has 2 unspecified atom stereocenters. The number of benzene rings is 1. The molecule has 2 aliphatic heterocycles. The van der Waals surface area contributed by atoms with E-state index in [4.69, 9.17) is 9.15 Å². The number of hydrogen-bond donors (Lipinski definition) is 0. The number of anilines is 1. The maximum atomic E-state index is 14.0. The highest BCUT2D eigenvalue weighted by Crippen LogP contribution is 2.27. The predicted octanol–water partition coefficient (Wildman–Crippen LogP) is 3.39. The number of furan rings is 1. The summed E-state index contributed by atoms with van der Waals surface area (Å²) in [5.74, 6) is 0.331. The van der Waals surface area contributed by atoms with Crippen molar-refractivity contribution < 1.29 is 26.8 Å². The number of hydrogen-bond acceptors (Lipinski definition) is 6. The van der Waals surface area contributed by atoms with Crippen molar-refractivity contribution >= 4 is 21.6 Å². The van der Waals surface area contributed by atoms with Crippen LogP contribution in [0.15, 0.2) is 40.8 Å². The van der Waals surface area contributed by atoms with Crippen molar-refractivity contribution in [2.24, 2.45) is 0 Å². The van der Waals surface area contributed by atoms with Crippen LogP contribution in [0.3, 0.4) is 0 Å². The third-order valence-corrected chi connectivity index (χ3v) is 7.81. The summed E-state index contributed by atoms with van der Waals surface area (Å²) >= 11 is 0. The first-order valence-electron chi connectivity index (χ1n) is 11.1. The van der Waals surface area contributed by atoms with Crippen LogP contribution >= 0.6 is 0 Å². The lowest BCUT2D eigenvalue weighted by atomic mass is 10.1. The van der Waals surface area contributed by atoms with E-state index >= 15 is 0 Å². The van der Waals surface area contributed by atoms with Crippen LogP contribution in [0.4, 0.5) is 10.3 Å². The molecule has 0 aliphatic carbocycles. The van der Waals surface area contributed by atoms with Gasteiger partial charge in [0.2, 0.25) is 0 Å². The Labute approximate surface area is 188 Å². The van der Waals surface area contributed by atoms with E-state index in [1.807, 2.05) is 12.1 Å². The van der Waals surface area contributed by atoms with Gasteiger partial charge in [-0.05, 0) is 50.8 Å². The molecule has 2 aromatic rings. The molecule has 2 saturated heterocycles. The average Bonchev–Trinajstić information content (AvgIpc) is 3.40. The number of nitrogens with zero attached hydrogens (tertiary/aromatic N) is 2. The lowest BCUT2D eigenvalue weighted by molar-refractivity contribution is -0.141. The third kappa shape index (κ3) is 5.26. The first-order chi connectivity index (χ1) is 15.3. The number of carbonyl (C=O) groups excluding carboxylic acids is 1. The first-order valence-corrected chi connectivity index (χ1v) is 12.9. The second-order valence-electron chi connectivity index (χ2n) is 8.50. The van der Waals surface area contributed by atoms with Crippen molar-refractivity contribution in [1.82, 2.24) is 4.90 Å². The quantitative estimate of drug-likeness (QED) is 0.625. The lowest BCUT2D eigenvalue weighted by Crippen LogP contribution is -2.46. The Morgan fingerprint density at radius 3 is 2.66 bits per heavy atom. The van der Waals surface area contributed by atoms with Gasteiger partial charge in [-0.3, -0.25) is 4.79 Å². The van der Waals surface area contributed by atoms with Crippen LogP contribution in [0.25, 0.3) is 0 Å². The minimum atomic E-state index is -3.20. The Bertz CT molecular complexity index is 1050. The molecular formula is C23H29FN2O5S. The van der Waals surface area contributed by atoms with Gasteiger partial charge in [0.25, 0.3) is 5.91 Å². The molecule has 32 heavy (non-hydrogen) atoms. The van der Waals surface area contributed by atoms with Crippen molar-refractivity contribution in [1.29, 1.82) is 0 Å². The second-order valence-corrected chi connectivity index (χ2v) is 10.7. The maximum Gasteiger partial charge on any atom is 0.264 e. The third-order valence-electron chi connectivity index (χ3n) is 6.06. The van der Waals surface area contributed by atoms with E-state index < -0.39 is 33.7 Å². The van der Waals surface area contributed by atoms with E-state index in [0.29, 0.717) is 12.2 Å². The Hall–Kier alpha value is -2.55. The molecule has 2 fully saturated rings. The minimum absolute atomic E-state index is 0.0160. The molecule has 0 N–H and O–H groups in total. The molecule has 1 aromatic heterocycles. The van der Waals surface area contributed by atoms with Crippen LogP contribution in [-0.2, 0) is 21.2 Å². The zero-order valence-corrected chi connectivity index (χ0v) is 19.0. The zero-order chi connectivity index (χ0) is 22.7. The molecule has 2 aliphatic rings. The van der Waals surface area contributed by atoms with E-state index in [0.717, 1.165) is 31.8 Å². The monoisotopic (exact) mass is 464 g/mol. The molecule has 2 atom stereocenters. The Morgan fingerprint density at radius 2 is 1.97 bits per heavy atom. The van der Waals surface area contributed by atoms with Gasteiger partial charge in [0.1, 0.15) is 5.76 Å². The molecule has 1 amide bonds. The molecule has 0 radical (unpaired) electrons. The SMILES string of the molecule is CC(Oc1ccccc1F)C(=O)N(Cc1ccc(N2CCCCC2)o1)C1CCS(=O)(=O)C1. The summed E-state index contributed by atoms with van der Waals surface area (Å²) in [5, 5.41) is 0. The summed E-state index contributed by atoms with van der Waals surface area (Å²) in [6.07, 6.45) is 2.83. The zero-order valence-electron chi connectivity index (χ0n) is 18.2. The van der Waals surface area contributed by atoms with E-state index in [1.165, 1.54) is 23.5 Å². The van der Waals surface area contributed by atoms with Crippen molar-refractivity contribution in [2.75, 3.05) is 29.5 Å². The van der Waals surface area contributed by atoms with Gasteiger partial charge in [-0.2, -0.15) is 0 Å². The van der Waals surface area contributed by atoms with Crippen molar-refractivity contribution in [3.05, 3.63) is 48.0 Å². The topological polar surface area (TPSA) is 80.1 Å².